The highest BCUT2D eigenvalue weighted by atomic mass is 35.5. The van der Waals surface area contributed by atoms with E-state index in [2.05, 4.69) is 0 Å². The molecule has 2 heterocycles. The number of Topliss-reactive ketones (excluding diaryl/α,β-unsaturated/α-hetero) is 1. The Kier molecular flexibility index (Phi) is 6.76. The van der Waals surface area contributed by atoms with Crippen LogP contribution in [0.25, 0.3) is 11.0 Å². The molecule has 2 N–H and O–H groups in total. The van der Waals surface area contributed by atoms with Crippen LogP contribution in [0, 0.1) is 0 Å². The molecule has 0 spiro atoms. The standard InChI is InChI=1S/C29H22ClNO8/c1-37-20-6-4-3-5-19(20)25-24(26(34)21-13-16-12-17(30)14-22(38-2)28(16)39-21)27(35)29(36)31(25)18-9-7-15(8-10-18)11-23(32)33/h3-10,12-14,25,35H,11H2,1-2H3,(H,32,33). The van der Waals surface area contributed by atoms with Crippen LogP contribution in [0.2, 0.25) is 5.02 Å². The summed E-state index contributed by atoms with van der Waals surface area (Å²) in [4.78, 5) is 39.8. The molecule has 3 aromatic carbocycles. The van der Waals surface area contributed by atoms with Crippen molar-refractivity contribution in [3.63, 3.8) is 0 Å². The molecule has 1 aromatic heterocycles. The number of aliphatic hydroxyl groups excluding tert-OH is 1. The highest BCUT2D eigenvalue weighted by Gasteiger charge is 2.46. The van der Waals surface area contributed by atoms with Gasteiger partial charge in [0.2, 0.25) is 5.78 Å². The Morgan fingerprint density at radius 3 is 2.36 bits per heavy atom. The first-order chi connectivity index (χ1) is 18.7. The van der Waals surface area contributed by atoms with Gasteiger partial charge in [0, 0.05) is 27.7 Å². The van der Waals surface area contributed by atoms with Crippen LogP contribution in [-0.2, 0) is 16.0 Å². The minimum atomic E-state index is -1.08. The molecule has 0 saturated carbocycles. The van der Waals surface area contributed by atoms with E-state index in [1.807, 2.05) is 0 Å². The molecule has 1 amide bonds. The normalized spacial score (nSPS) is 15.2. The molecule has 1 aliphatic heterocycles. The Balaban J connectivity index is 1.65. The Bertz CT molecular complexity index is 1650. The molecular formula is C29H22ClNO8. The number of para-hydroxylation sites is 1. The minimum absolute atomic E-state index is 0.126. The van der Waals surface area contributed by atoms with Crippen molar-refractivity contribution >= 4 is 45.9 Å². The largest absolute Gasteiger partial charge is 0.503 e. The number of hydrogen-bond acceptors (Lipinski definition) is 7. The number of amides is 1. The second-order valence-corrected chi connectivity index (χ2v) is 9.22. The number of carbonyl (C=O) groups excluding carboxylic acids is 2. The van der Waals surface area contributed by atoms with Crippen molar-refractivity contribution in [1.29, 1.82) is 0 Å². The number of carboxylic acid groups (broad SMARTS) is 1. The molecule has 39 heavy (non-hydrogen) atoms. The number of methoxy groups -OCH3 is 2. The Labute approximate surface area is 227 Å². The quantitative estimate of drug-likeness (QED) is 0.276. The van der Waals surface area contributed by atoms with Gasteiger partial charge in [0.05, 0.1) is 32.3 Å². The van der Waals surface area contributed by atoms with E-state index in [0.717, 1.165) is 0 Å². The van der Waals surface area contributed by atoms with Crippen LogP contribution >= 0.6 is 11.6 Å². The lowest BCUT2D eigenvalue weighted by atomic mass is 9.94. The first-order valence-corrected chi connectivity index (χ1v) is 12.1. The number of hydrogen-bond donors (Lipinski definition) is 2. The second kappa shape index (κ2) is 10.2. The van der Waals surface area contributed by atoms with Crippen molar-refractivity contribution < 1.29 is 38.5 Å². The van der Waals surface area contributed by atoms with E-state index in [0.29, 0.717) is 38.7 Å². The highest BCUT2D eigenvalue weighted by molar-refractivity contribution is 6.31. The van der Waals surface area contributed by atoms with Crippen molar-refractivity contribution in [1.82, 2.24) is 0 Å². The third-order valence-corrected chi connectivity index (χ3v) is 6.67. The molecule has 1 atom stereocenters. The first-order valence-electron chi connectivity index (χ1n) is 11.8. The number of nitrogens with zero attached hydrogens (tertiary/aromatic N) is 1. The predicted octanol–water partition coefficient (Wildman–Crippen LogP) is 5.51. The molecule has 5 rings (SSSR count). The maximum Gasteiger partial charge on any atom is 0.307 e. The molecule has 4 aromatic rings. The van der Waals surface area contributed by atoms with E-state index in [1.54, 1.807) is 60.7 Å². The average Bonchev–Trinajstić information content (AvgIpc) is 3.46. The predicted molar refractivity (Wildman–Crippen MR) is 143 cm³/mol. The number of ether oxygens (including phenoxy) is 2. The number of halogens is 1. The zero-order valence-corrected chi connectivity index (χ0v) is 21.6. The SMILES string of the molecule is COc1ccccc1C1C(C(=O)c2cc3cc(Cl)cc(OC)c3o2)=C(O)C(=O)N1c1ccc(CC(=O)O)cc1. The summed E-state index contributed by atoms with van der Waals surface area (Å²) in [6, 6.07) is 16.7. The number of anilines is 1. The van der Waals surface area contributed by atoms with Crippen LogP contribution in [0.3, 0.4) is 0 Å². The summed E-state index contributed by atoms with van der Waals surface area (Å²) < 4.78 is 16.7. The van der Waals surface area contributed by atoms with Crippen LogP contribution in [0.4, 0.5) is 5.69 Å². The van der Waals surface area contributed by atoms with Crippen molar-refractivity contribution in [2.75, 3.05) is 19.1 Å². The highest BCUT2D eigenvalue weighted by Crippen LogP contribution is 2.45. The van der Waals surface area contributed by atoms with Gasteiger partial charge in [-0.15, -0.1) is 0 Å². The summed E-state index contributed by atoms with van der Waals surface area (Å²) in [7, 11) is 2.90. The van der Waals surface area contributed by atoms with Gasteiger partial charge < -0.3 is 24.1 Å². The molecule has 0 fully saturated rings. The maximum absolute atomic E-state index is 13.9. The monoisotopic (exact) mass is 547 g/mol. The van der Waals surface area contributed by atoms with E-state index in [-0.39, 0.29) is 23.3 Å². The zero-order chi connectivity index (χ0) is 27.8. The Morgan fingerprint density at radius 1 is 1.00 bits per heavy atom. The molecule has 1 aliphatic rings. The van der Waals surface area contributed by atoms with Gasteiger partial charge in [0.25, 0.3) is 5.91 Å². The summed E-state index contributed by atoms with van der Waals surface area (Å²) >= 11 is 6.17. The molecule has 9 nitrogen and oxygen atoms in total. The lowest BCUT2D eigenvalue weighted by Crippen LogP contribution is -2.31. The van der Waals surface area contributed by atoms with Gasteiger partial charge in [-0.05, 0) is 35.9 Å². The molecule has 0 aliphatic carbocycles. The average molecular weight is 548 g/mol. The molecule has 0 bridgehead atoms. The van der Waals surface area contributed by atoms with Crippen LogP contribution in [-0.4, -0.2) is 42.1 Å². The van der Waals surface area contributed by atoms with Gasteiger partial charge in [-0.1, -0.05) is 41.9 Å². The number of furan rings is 1. The topological polar surface area (TPSA) is 127 Å². The molecule has 198 valence electrons. The van der Waals surface area contributed by atoms with Crippen LogP contribution in [0.1, 0.15) is 27.7 Å². The summed E-state index contributed by atoms with van der Waals surface area (Å²) in [6.07, 6.45) is -0.197. The van der Waals surface area contributed by atoms with Gasteiger partial charge in [-0.3, -0.25) is 19.3 Å². The van der Waals surface area contributed by atoms with Gasteiger partial charge in [0.15, 0.2) is 22.9 Å². The zero-order valence-electron chi connectivity index (χ0n) is 20.8. The molecule has 0 radical (unpaired) electrons. The number of aliphatic hydroxyl groups is 1. The van der Waals surface area contributed by atoms with Crippen molar-refractivity contribution in [2.24, 2.45) is 0 Å². The Morgan fingerprint density at radius 2 is 1.69 bits per heavy atom. The smallest absolute Gasteiger partial charge is 0.307 e. The number of aliphatic carboxylic acids is 1. The minimum Gasteiger partial charge on any atom is -0.503 e. The lowest BCUT2D eigenvalue weighted by molar-refractivity contribution is -0.136. The summed E-state index contributed by atoms with van der Waals surface area (Å²) in [5, 5.41) is 21.1. The summed E-state index contributed by atoms with van der Waals surface area (Å²) in [5.41, 5.74) is 1.40. The summed E-state index contributed by atoms with van der Waals surface area (Å²) in [5.74, 6) is -2.67. The van der Waals surface area contributed by atoms with Crippen LogP contribution in [0.15, 0.2) is 82.5 Å². The molecule has 0 saturated heterocycles. The van der Waals surface area contributed by atoms with E-state index >= 15 is 0 Å². The number of benzene rings is 3. The third-order valence-electron chi connectivity index (χ3n) is 6.45. The van der Waals surface area contributed by atoms with Gasteiger partial charge in [0.1, 0.15) is 5.75 Å². The summed E-state index contributed by atoms with van der Waals surface area (Å²) in [6.45, 7) is 0. The number of carbonyl (C=O) groups is 3. The molecule has 1 unspecified atom stereocenters. The molecular weight excluding hydrogens is 526 g/mol. The fraction of sp³-hybridized carbons (Fsp3) is 0.138. The molecule has 10 heteroatoms. The maximum atomic E-state index is 13.9. The number of rotatable bonds is 8. The van der Waals surface area contributed by atoms with Gasteiger partial charge in [-0.25, -0.2) is 0 Å². The van der Waals surface area contributed by atoms with Crippen LogP contribution < -0.4 is 14.4 Å². The number of carboxylic acids is 1. The number of ketones is 1. The van der Waals surface area contributed by atoms with Crippen molar-refractivity contribution in [2.45, 2.75) is 12.5 Å². The fourth-order valence-electron chi connectivity index (χ4n) is 4.72. The third kappa shape index (κ3) is 4.57. The lowest BCUT2D eigenvalue weighted by Gasteiger charge is -2.28. The fourth-order valence-corrected chi connectivity index (χ4v) is 4.94. The number of fused-ring (bicyclic) bond motifs is 1. The van der Waals surface area contributed by atoms with Crippen molar-refractivity contribution in [3.05, 3.63) is 100.0 Å². The van der Waals surface area contributed by atoms with Crippen molar-refractivity contribution in [3.8, 4) is 11.5 Å². The van der Waals surface area contributed by atoms with Gasteiger partial charge in [-0.2, -0.15) is 0 Å². The van der Waals surface area contributed by atoms with E-state index < -0.39 is 29.5 Å². The van der Waals surface area contributed by atoms with Crippen LogP contribution in [0.5, 0.6) is 11.5 Å². The second-order valence-electron chi connectivity index (χ2n) is 8.79. The van der Waals surface area contributed by atoms with Gasteiger partial charge >= 0.3 is 5.97 Å². The van der Waals surface area contributed by atoms with E-state index in [1.165, 1.54) is 25.2 Å². The van der Waals surface area contributed by atoms with E-state index in [4.69, 9.17) is 30.6 Å². The first kappa shape index (κ1) is 25.9. The Hall–Kier alpha value is -4.76. The van der Waals surface area contributed by atoms with E-state index in [9.17, 15) is 19.5 Å².